The predicted molar refractivity (Wildman–Crippen MR) is 99.6 cm³/mol. The lowest BCUT2D eigenvalue weighted by Crippen LogP contribution is -2.48. The number of morpholine rings is 1. The van der Waals surface area contributed by atoms with Crippen molar-refractivity contribution in [3.05, 3.63) is 35.4 Å². The second-order valence-electron chi connectivity index (χ2n) is 7.70. The molecule has 2 aliphatic heterocycles. The molecule has 0 aliphatic carbocycles. The predicted octanol–water partition coefficient (Wildman–Crippen LogP) is 2.02. The summed E-state index contributed by atoms with van der Waals surface area (Å²) in [7, 11) is 0. The fourth-order valence-electron chi connectivity index (χ4n) is 3.91. The van der Waals surface area contributed by atoms with Crippen molar-refractivity contribution in [3.8, 4) is 0 Å². The minimum Gasteiger partial charge on any atom is -0.373 e. The van der Waals surface area contributed by atoms with E-state index in [9.17, 15) is 4.79 Å². The number of amides is 1. The number of benzene rings is 1. The molecule has 2 aliphatic rings. The lowest BCUT2D eigenvalue weighted by molar-refractivity contribution is -0.0704. The topological polar surface area (TPSA) is 53.6 Å². The lowest BCUT2D eigenvalue weighted by atomic mass is 9.95. The van der Waals surface area contributed by atoms with E-state index >= 15 is 0 Å². The summed E-state index contributed by atoms with van der Waals surface area (Å²) < 4.78 is 5.79. The van der Waals surface area contributed by atoms with Gasteiger partial charge in [0.2, 0.25) is 0 Å². The maximum atomic E-state index is 12.5. The van der Waals surface area contributed by atoms with Crippen LogP contribution in [0.2, 0.25) is 0 Å². The van der Waals surface area contributed by atoms with Gasteiger partial charge in [0, 0.05) is 31.2 Å². The fraction of sp³-hybridized carbons (Fsp3) is 0.650. The van der Waals surface area contributed by atoms with Crippen molar-refractivity contribution in [2.24, 2.45) is 5.92 Å². The van der Waals surface area contributed by atoms with Crippen molar-refractivity contribution in [1.29, 1.82) is 0 Å². The molecule has 3 rings (SSSR count). The number of hydrogen-bond acceptors (Lipinski definition) is 4. The molecule has 4 unspecified atom stereocenters. The van der Waals surface area contributed by atoms with Crippen LogP contribution in [0.1, 0.15) is 43.1 Å². The van der Waals surface area contributed by atoms with Crippen LogP contribution in [-0.2, 0) is 11.3 Å². The van der Waals surface area contributed by atoms with Crippen LogP contribution in [0.25, 0.3) is 0 Å². The average molecular weight is 345 g/mol. The van der Waals surface area contributed by atoms with E-state index in [1.165, 1.54) is 5.56 Å². The van der Waals surface area contributed by atoms with Gasteiger partial charge >= 0.3 is 0 Å². The largest absolute Gasteiger partial charge is 0.373 e. The van der Waals surface area contributed by atoms with Gasteiger partial charge in [-0.1, -0.05) is 19.1 Å². The molecule has 2 saturated heterocycles. The molecule has 1 aromatic rings. The summed E-state index contributed by atoms with van der Waals surface area (Å²) in [6.45, 7) is 11.2. The van der Waals surface area contributed by atoms with E-state index in [2.05, 4.69) is 48.4 Å². The SMILES string of the molecule is CC1CN(Cc2ccc(C(=O)NC3CCNCC3C)cc2)CC(C)O1. The van der Waals surface area contributed by atoms with E-state index in [0.29, 0.717) is 5.92 Å². The van der Waals surface area contributed by atoms with E-state index in [-0.39, 0.29) is 24.2 Å². The monoisotopic (exact) mass is 345 g/mol. The lowest BCUT2D eigenvalue weighted by Gasteiger charge is -2.35. The Kier molecular flexibility index (Phi) is 6.10. The second kappa shape index (κ2) is 8.30. The van der Waals surface area contributed by atoms with Crippen molar-refractivity contribution in [2.45, 2.75) is 52.0 Å². The van der Waals surface area contributed by atoms with E-state index in [1.807, 2.05) is 12.1 Å². The summed E-state index contributed by atoms with van der Waals surface area (Å²) in [4.78, 5) is 14.9. The maximum absolute atomic E-state index is 12.5. The highest BCUT2D eigenvalue weighted by atomic mass is 16.5. The fourth-order valence-corrected chi connectivity index (χ4v) is 3.91. The van der Waals surface area contributed by atoms with Crippen molar-refractivity contribution < 1.29 is 9.53 Å². The number of ether oxygens (including phenoxy) is 1. The molecule has 25 heavy (non-hydrogen) atoms. The first kappa shape index (κ1) is 18.4. The molecule has 4 atom stereocenters. The molecule has 2 N–H and O–H groups in total. The zero-order valence-corrected chi connectivity index (χ0v) is 15.6. The van der Waals surface area contributed by atoms with Crippen LogP contribution in [0.15, 0.2) is 24.3 Å². The van der Waals surface area contributed by atoms with Gasteiger partial charge in [-0.05, 0) is 57.0 Å². The van der Waals surface area contributed by atoms with E-state index in [0.717, 1.165) is 44.7 Å². The van der Waals surface area contributed by atoms with Gasteiger partial charge in [0.1, 0.15) is 0 Å². The Morgan fingerprint density at radius 3 is 2.52 bits per heavy atom. The zero-order valence-electron chi connectivity index (χ0n) is 15.6. The molecule has 5 heteroatoms. The number of piperidine rings is 1. The van der Waals surface area contributed by atoms with Gasteiger partial charge in [0.15, 0.2) is 0 Å². The minimum absolute atomic E-state index is 0.0407. The van der Waals surface area contributed by atoms with Crippen molar-refractivity contribution in [3.63, 3.8) is 0 Å². The van der Waals surface area contributed by atoms with E-state index < -0.39 is 0 Å². The third-order valence-electron chi connectivity index (χ3n) is 5.22. The van der Waals surface area contributed by atoms with Gasteiger partial charge in [-0.15, -0.1) is 0 Å². The van der Waals surface area contributed by atoms with Crippen molar-refractivity contribution in [1.82, 2.24) is 15.5 Å². The third-order valence-corrected chi connectivity index (χ3v) is 5.22. The Morgan fingerprint density at radius 2 is 1.88 bits per heavy atom. The standard InChI is InChI=1S/C20H31N3O2/c1-14-10-21-9-8-19(14)22-20(24)18-6-4-17(5-7-18)13-23-11-15(2)25-16(3)12-23/h4-7,14-16,19,21H,8-13H2,1-3H3,(H,22,24). The highest BCUT2D eigenvalue weighted by molar-refractivity contribution is 5.94. The molecule has 2 heterocycles. The van der Waals surface area contributed by atoms with Gasteiger partial charge in [-0.3, -0.25) is 9.69 Å². The molecule has 0 aromatic heterocycles. The van der Waals surface area contributed by atoms with Gasteiger partial charge in [-0.25, -0.2) is 0 Å². The Morgan fingerprint density at radius 1 is 1.20 bits per heavy atom. The molecule has 5 nitrogen and oxygen atoms in total. The van der Waals surface area contributed by atoms with E-state index in [1.54, 1.807) is 0 Å². The quantitative estimate of drug-likeness (QED) is 0.877. The highest BCUT2D eigenvalue weighted by Crippen LogP contribution is 2.16. The first-order chi connectivity index (χ1) is 12.0. The molecule has 0 saturated carbocycles. The molecular formula is C20H31N3O2. The number of nitrogens with one attached hydrogen (secondary N) is 2. The van der Waals surface area contributed by atoms with Crippen LogP contribution >= 0.6 is 0 Å². The Bertz CT molecular complexity index is 565. The Balaban J connectivity index is 1.55. The third kappa shape index (κ3) is 5.03. The average Bonchev–Trinajstić information content (AvgIpc) is 2.56. The maximum Gasteiger partial charge on any atom is 0.251 e. The second-order valence-corrected chi connectivity index (χ2v) is 7.70. The first-order valence-corrected chi connectivity index (χ1v) is 9.49. The molecule has 1 amide bonds. The van der Waals surface area contributed by atoms with E-state index in [4.69, 9.17) is 4.74 Å². The summed E-state index contributed by atoms with van der Waals surface area (Å²) in [6, 6.07) is 8.31. The molecule has 0 radical (unpaired) electrons. The molecule has 0 bridgehead atoms. The minimum atomic E-state index is 0.0407. The van der Waals surface area contributed by atoms with Crippen LogP contribution in [0.5, 0.6) is 0 Å². The summed E-state index contributed by atoms with van der Waals surface area (Å²) in [5.41, 5.74) is 1.99. The van der Waals surface area contributed by atoms with Gasteiger partial charge in [0.25, 0.3) is 5.91 Å². The highest BCUT2D eigenvalue weighted by Gasteiger charge is 2.24. The summed E-state index contributed by atoms with van der Waals surface area (Å²) in [5.74, 6) is 0.515. The van der Waals surface area contributed by atoms with Gasteiger partial charge < -0.3 is 15.4 Å². The number of carbonyl (C=O) groups excluding carboxylic acids is 1. The van der Waals surface area contributed by atoms with Crippen molar-refractivity contribution >= 4 is 5.91 Å². The van der Waals surface area contributed by atoms with Crippen LogP contribution in [0.3, 0.4) is 0 Å². The summed E-state index contributed by atoms with van der Waals surface area (Å²) in [6.07, 6.45) is 1.56. The molecule has 138 valence electrons. The normalized spacial score (nSPS) is 30.8. The molecular weight excluding hydrogens is 314 g/mol. The van der Waals surface area contributed by atoms with Crippen LogP contribution in [0.4, 0.5) is 0 Å². The number of hydrogen-bond donors (Lipinski definition) is 2. The van der Waals surface area contributed by atoms with Gasteiger partial charge in [-0.2, -0.15) is 0 Å². The molecule has 2 fully saturated rings. The zero-order chi connectivity index (χ0) is 17.8. The number of carbonyl (C=O) groups is 1. The summed E-state index contributed by atoms with van der Waals surface area (Å²) in [5, 5.41) is 6.56. The number of rotatable bonds is 4. The molecule has 0 spiro atoms. The van der Waals surface area contributed by atoms with Gasteiger partial charge in [0.05, 0.1) is 12.2 Å². The Hall–Kier alpha value is -1.43. The summed E-state index contributed by atoms with van der Waals surface area (Å²) >= 11 is 0. The molecule has 1 aromatic carbocycles. The first-order valence-electron chi connectivity index (χ1n) is 9.49. The van der Waals surface area contributed by atoms with Crippen LogP contribution in [-0.4, -0.2) is 55.2 Å². The Labute approximate surface area is 151 Å². The van der Waals surface area contributed by atoms with Crippen molar-refractivity contribution in [2.75, 3.05) is 26.2 Å². The van der Waals surface area contributed by atoms with Crippen LogP contribution in [0, 0.1) is 5.92 Å². The smallest absolute Gasteiger partial charge is 0.251 e. The number of nitrogens with zero attached hydrogens (tertiary/aromatic N) is 1. The van der Waals surface area contributed by atoms with Crippen LogP contribution < -0.4 is 10.6 Å².